The van der Waals surface area contributed by atoms with Crippen molar-refractivity contribution in [3.8, 4) is 0 Å². The topological polar surface area (TPSA) is 17.1 Å². The number of rotatable bonds is 2. The predicted molar refractivity (Wildman–Crippen MR) is 24.2 cm³/mol. The number of alkyl halides is 4. The van der Waals surface area contributed by atoms with E-state index in [1.807, 2.05) is 0 Å². The van der Waals surface area contributed by atoms with Crippen molar-refractivity contribution >= 4 is 35.3 Å². The van der Waals surface area contributed by atoms with Crippen molar-refractivity contribution in [2.75, 3.05) is 0 Å². The van der Waals surface area contributed by atoms with E-state index in [0.717, 1.165) is 0 Å². The fraction of sp³-hybridized carbons (Fsp3) is 0.667. The molecule has 0 aliphatic heterocycles. The minimum absolute atomic E-state index is 0. The molecular weight excluding hydrogens is 151 g/mol. The van der Waals surface area contributed by atoms with Crippen LogP contribution in [0.25, 0.3) is 0 Å². The molecule has 0 aliphatic carbocycles. The number of ketones is 1. The van der Waals surface area contributed by atoms with Gasteiger partial charge in [-0.2, -0.15) is 0 Å². The Morgan fingerprint density at radius 1 is 1.00 bits per heavy atom. The zero-order valence-electron chi connectivity index (χ0n) is 3.57. The summed E-state index contributed by atoms with van der Waals surface area (Å²) < 4.78 is 43.4. The molecule has 9 heavy (non-hydrogen) atoms. The van der Waals surface area contributed by atoms with Crippen molar-refractivity contribution in [2.45, 2.75) is 12.9 Å². The third-order valence-electron chi connectivity index (χ3n) is 0.430. The molecule has 0 atom stereocenters. The van der Waals surface area contributed by atoms with Crippen LogP contribution in [0.1, 0.15) is 0 Å². The monoisotopic (exact) mass is 154 g/mol. The van der Waals surface area contributed by atoms with Crippen molar-refractivity contribution in [3.05, 3.63) is 0 Å². The molecule has 0 N–H and O–H groups in total. The third kappa shape index (κ3) is 4.87. The number of carbonyl (C=O) groups is 1. The van der Waals surface area contributed by atoms with Gasteiger partial charge in [0, 0.05) is 0 Å². The van der Waals surface area contributed by atoms with Crippen LogP contribution in [0.5, 0.6) is 0 Å². The van der Waals surface area contributed by atoms with Crippen LogP contribution >= 0.6 is 0 Å². The summed E-state index contributed by atoms with van der Waals surface area (Å²) >= 11 is 0. The van der Waals surface area contributed by atoms with Gasteiger partial charge in [-0.25, -0.2) is 17.6 Å². The van der Waals surface area contributed by atoms with Gasteiger partial charge in [-0.05, 0) is 0 Å². The van der Waals surface area contributed by atoms with Gasteiger partial charge in [-0.1, -0.05) is 0 Å². The Kier molecular flexibility index (Phi) is 6.99. The summed E-state index contributed by atoms with van der Waals surface area (Å²) in [7, 11) is 0. The summed E-state index contributed by atoms with van der Waals surface area (Å²) in [6, 6.07) is 0. The molecular formula is C3H3F4NaO. The Morgan fingerprint density at radius 3 is 1.22 bits per heavy atom. The second-order valence-corrected chi connectivity index (χ2v) is 1.00. The molecule has 0 amide bonds. The fourth-order valence-electron chi connectivity index (χ4n) is 0.0952. The SMILES string of the molecule is O=C(C(F)F)C(F)F.[NaH]. The zero-order chi connectivity index (χ0) is 6.73. The van der Waals surface area contributed by atoms with E-state index in [9.17, 15) is 22.4 Å². The number of Topliss-reactive ketones (excluding diaryl/α,β-unsaturated/α-hetero) is 1. The summed E-state index contributed by atoms with van der Waals surface area (Å²) in [6.45, 7) is 0. The molecule has 0 aromatic rings. The van der Waals surface area contributed by atoms with E-state index in [4.69, 9.17) is 0 Å². The Morgan fingerprint density at radius 2 is 1.22 bits per heavy atom. The third-order valence-corrected chi connectivity index (χ3v) is 0.430. The van der Waals surface area contributed by atoms with E-state index in [0.29, 0.717) is 0 Å². The summed E-state index contributed by atoms with van der Waals surface area (Å²) in [6.07, 6.45) is -7.09. The second-order valence-electron chi connectivity index (χ2n) is 1.00. The molecule has 0 bridgehead atoms. The van der Waals surface area contributed by atoms with Crippen LogP contribution in [-0.4, -0.2) is 48.2 Å². The number of hydrogen-bond donors (Lipinski definition) is 0. The predicted octanol–water partition coefficient (Wildman–Crippen LogP) is 0.437. The molecule has 0 fully saturated rings. The molecule has 0 heterocycles. The van der Waals surface area contributed by atoms with Crippen LogP contribution < -0.4 is 0 Å². The van der Waals surface area contributed by atoms with Gasteiger partial charge in [-0.15, -0.1) is 0 Å². The van der Waals surface area contributed by atoms with Gasteiger partial charge in [-0.3, -0.25) is 4.79 Å². The quantitative estimate of drug-likeness (QED) is 0.416. The first kappa shape index (κ1) is 12.1. The second kappa shape index (κ2) is 5.20. The fourth-order valence-corrected chi connectivity index (χ4v) is 0.0952. The van der Waals surface area contributed by atoms with Crippen LogP contribution in [0.2, 0.25) is 0 Å². The van der Waals surface area contributed by atoms with E-state index >= 15 is 0 Å². The molecule has 0 aromatic carbocycles. The Bertz CT molecular complexity index is 83.8. The van der Waals surface area contributed by atoms with Gasteiger partial charge < -0.3 is 0 Å². The molecule has 0 radical (unpaired) electrons. The Balaban J connectivity index is 0. The molecule has 0 saturated heterocycles. The van der Waals surface area contributed by atoms with E-state index in [2.05, 4.69) is 0 Å². The van der Waals surface area contributed by atoms with Gasteiger partial charge in [0.1, 0.15) is 0 Å². The summed E-state index contributed by atoms with van der Waals surface area (Å²) in [5, 5.41) is 0. The summed E-state index contributed by atoms with van der Waals surface area (Å²) in [5.74, 6) is -2.31. The number of carbonyl (C=O) groups excluding carboxylic acids is 1. The maximum absolute atomic E-state index is 10.8. The van der Waals surface area contributed by atoms with Crippen molar-refractivity contribution in [2.24, 2.45) is 0 Å². The normalized spacial score (nSPS) is 9.56. The molecule has 0 spiro atoms. The molecule has 0 aliphatic rings. The van der Waals surface area contributed by atoms with Crippen molar-refractivity contribution in [1.82, 2.24) is 0 Å². The number of hydrogen-bond acceptors (Lipinski definition) is 1. The number of halogens is 4. The van der Waals surface area contributed by atoms with E-state index in [1.54, 1.807) is 0 Å². The van der Waals surface area contributed by atoms with Crippen LogP contribution in [0.4, 0.5) is 17.6 Å². The Labute approximate surface area is 70.7 Å². The average molecular weight is 154 g/mol. The van der Waals surface area contributed by atoms with Crippen LogP contribution in [0.15, 0.2) is 0 Å². The van der Waals surface area contributed by atoms with Crippen LogP contribution in [0, 0.1) is 0 Å². The molecule has 0 rings (SSSR count). The van der Waals surface area contributed by atoms with Crippen LogP contribution in [0.3, 0.4) is 0 Å². The molecule has 6 heteroatoms. The minimum atomic E-state index is -3.55. The summed E-state index contributed by atoms with van der Waals surface area (Å²) in [4.78, 5) is 9.34. The van der Waals surface area contributed by atoms with Gasteiger partial charge in [0.15, 0.2) is 0 Å². The van der Waals surface area contributed by atoms with Crippen molar-refractivity contribution in [1.29, 1.82) is 0 Å². The first-order valence-corrected chi connectivity index (χ1v) is 1.65. The standard InChI is InChI=1S/C3H2F4O.Na.H/c4-2(5)1(8)3(6)7;;/h2-3H;;. The molecule has 50 valence electrons. The van der Waals surface area contributed by atoms with E-state index < -0.39 is 18.6 Å². The van der Waals surface area contributed by atoms with Gasteiger partial charge in [0.25, 0.3) is 5.78 Å². The van der Waals surface area contributed by atoms with Crippen LogP contribution in [-0.2, 0) is 4.79 Å². The first-order chi connectivity index (χ1) is 3.55. The van der Waals surface area contributed by atoms with E-state index in [1.165, 1.54) is 0 Å². The van der Waals surface area contributed by atoms with Crippen molar-refractivity contribution in [3.63, 3.8) is 0 Å². The summed E-state index contributed by atoms with van der Waals surface area (Å²) in [5.41, 5.74) is 0. The zero-order valence-corrected chi connectivity index (χ0v) is 3.57. The molecule has 0 aromatic heterocycles. The van der Waals surface area contributed by atoms with Crippen molar-refractivity contribution < 1.29 is 22.4 Å². The maximum atomic E-state index is 10.8. The Hall–Kier alpha value is 0.390. The molecule has 0 saturated carbocycles. The molecule has 0 unspecified atom stereocenters. The average Bonchev–Trinajstić information content (AvgIpc) is 1.64. The van der Waals surface area contributed by atoms with Gasteiger partial charge in [0.2, 0.25) is 0 Å². The first-order valence-electron chi connectivity index (χ1n) is 1.65. The van der Waals surface area contributed by atoms with E-state index in [-0.39, 0.29) is 29.6 Å². The molecule has 1 nitrogen and oxygen atoms in total. The van der Waals surface area contributed by atoms with Gasteiger partial charge in [0.05, 0.1) is 0 Å². The van der Waals surface area contributed by atoms with Gasteiger partial charge >= 0.3 is 42.4 Å².